The van der Waals surface area contributed by atoms with Crippen LogP contribution >= 0.6 is 0 Å². The molecule has 0 bridgehead atoms. The normalized spacial score (nSPS) is 11.3. The molecule has 24 heavy (non-hydrogen) atoms. The molecule has 0 aliphatic carbocycles. The van der Waals surface area contributed by atoms with Gasteiger partial charge in [-0.2, -0.15) is 15.0 Å². The number of aryl methyl sites for hydroxylation is 1. The van der Waals surface area contributed by atoms with Crippen molar-refractivity contribution < 1.29 is 4.42 Å². The number of aromatic nitrogens is 5. The highest BCUT2D eigenvalue weighted by Crippen LogP contribution is 2.12. The van der Waals surface area contributed by atoms with E-state index >= 15 is 0 Å². The minimum atomic E-state index is 0.250. The monoisotopic (exact) mass is 335 g/mol. The van der Waals surface area contributed by atoms with Crippen molar-refractivity contribution >= 4 is 17.9 Å². The topological polar surface area (TPSA) is 117 Å². The molecule has 0 aromatic carbocycles. The lowest BCUT2D eigenvalue weighted by Gasteiger charge is -2.11. The van der Waals surface area contributed by atoms with Crippen LogP contribution < -0.4 is 16.0 Å². The molecule has 0 spiro atoms. The predicted octanol–water partition coefficient (Wildman–Crippen LogP) is 0.778. The van der Waals surface area contributed by atoms with E-state index in [0.717, 1.165) is 13.1 Å². The average molecular weight is 335 g/mol. The Hall–Kier alpha value is -2.33. The molecule has 132 valence electrons. The Bertz CT molecular complexity index is 641. The Morgan fingerprint density at radius 1 is 1.08 bits per heavy atom. The van der Waals surface area contributed by atoms with Crippen LogP contribution in [0.5, 0.6) is 0 Å². The van der Waals surface area contributed by atoms with Crippen molar-refractivity contribution in [2.75, 3.05) is 37.8 Å². The summed E-state index contributed by atoms with van der Waals surface area (Å²) in [6, 6.07) is 0.593. The van der Waals surface area contributed by atoms with Crippen LogP contribution in [0.1, 0.15) is 25.6 Å². The molecule has 10 heteroatoms. The lowest BCUT2D eigenvalue weighted by molar-refractivity contribution is 0.425. The molecule has 0 aliphatic rings. The highest BCUT2D eigenvalue weighted by Gasteiger charge is 2.10. The first-order chi connectivity index (χ1) is 11.4. The summed E-state index contributed by atoms with van der Waals surface area (Å²) in [5.74, 6) is 1.97. The highest BCUT2D eigenvalue weighted by atomic mass is 16.4. The van der Waals surface area contributed by atoms with E-state index in [2.05, 4.69) is 46.0 Å². The molecule has 0 saturated carbocycles. The SMILES string of the molecule is Cc1nc(NCCN(C)C)nc(Nc2nnc(CNC(C)C)o2)n1. The van der Waals surface area contributed by atoms with Gasteiger partial charge in [-0.1, -0.05) is 18.9 Å². The molecule has 0 unspecified atom stereocenters. The quantitative estimate of drug-likeness (QED) is 0.606. The van der Waals surface area contributed by atoms with E-state index in [1.54, 1.807) is 6.92 Å². The number of nitrogens with one attached hydrogen (secondary N) is 3. The van der Waals surface area contributed by atoms with Gasteiger partial charge in [0.1, 0.15) is 5.82 Å². The first-order valence-electron chi connectivity index (χ1n) is 7.86. The summed E-state index contributed by atoms with van der Waals surface area (Å²) in [5.41, 5.74) is 0. The number of likely N-dealkylation sites (N-methyl/N-ethyl adjacent to an activating group) is 1. The Labute approximate surface area is 141 Å². The lowest BCUT2D eigenvalue weighted by Crippen LogP contribution is -2.22. The van der Waals surface area contributed by atoms with Crippen molar-refractivity contribution in [3.63, 3.8) is 0 Å². The minimum absolute atomic E-state index is 0.250. The van der Waals surface area contributed by atoms with Crippen LogP contribution in [0.4, 0.5) is 17.9 Å². The first kappa shape index (κ1) is 18.0. The van der Waals surface area contributed by atoms with Gasteiger partial charge in [-0.05, 0) is 21.0 Å². The van der Waals surface area contributed by atoms with Crippen LogP contribution in [-0.4, -0.2) is 63.3 Å². The third-order valence-corrected chi connectivity index (χ3v) is 2.94. The van der Waals surface area contributed by atoms with E-state index in [1.165, 1.54) is 0 Å². The average Bonchev–Trinajstić information content (AvgIpc) is 2.91. The van der Waals surface area contributed by atoms with Gasteiger partial charge in [0, 0.05) is 19.1 Å². The molecule has 2 aromatic heterocycles. The molecule has 0 fully saturated rings. The Morgan fingerprint density at radius 2 is 1.83 bits per heavy atom. The molecule has 0 aliphatic heterocycles. The van der Waals surface area contributed by atoms with Crippen molar-refractivity contribution in [1.82, 2.24) is 35.4 Å². The van der Waals surface area contributed by atoms with Crippen LogP contribution in [0, 0.1) is 6.92 Å². The molecule has 2 rings (SSSR count). The standard InChI is InChI=1S/C14H25N9O/c1-9(2)16-8-11-21-22-14(24-11)20-13-18-10(3)17-12(19-13)15-6-7-23(4)5/h9,16H,6-8H2,1-5H3,(H2,15,17,18,19,20,22). The van der Waals surface area contributed by atoms with Gasteiger partial charge < -0.3 is 20.0 Å². The Morgan fingerprint density at radius 3 is 2.54 bits per heavy atom. The van der Waals surface area contributed by atoms with E-state index in [1.807, 2.05) is 27.9 Å². The summed E-state index contributed by atoms with van der Waals surface area (Å²) >= 11 is 0. The van der Waals surface area contributed by atoms with Gasteiger partial charge in [0.25, 0.3) is 0 Å². The smallest absolute Gasteiger partial charge is 0.322 e. The maximum Gasteiger partial charge on any atom is 0.322 e. The molecule has 0 saturated heterocycles. The second-order valence-corrected chi connectivity index (χ2v) is 5.92. The summed E-state index contributed by atoms with van der Waals surface area (Å²) in [6.07, 6.45) is 0. The van der Waals surface area contributed by atoms with Gasteiger partial charge in [0.2, 0.25) is 17.8 Å². The zero-order chi connectivity index (χ0) is 17.5. The van der Waals surface area contributed by atoms with Crippen LogP contribution in [0.3, 0.4) is 0 Å². The summed E-state index contributed by atoms with van der Waals surface area (Å²) < 4.78 is 5.51. The van der Waals surface area contributed by atoms with E-state index in [4.69, 9.17) is 4.42 Å². The highest BCUT2D eigenvalue weighted by molar-refractivity contribution is 5.42. The zero-order valence-electron chi connectivity index (χ0n) is 14.8. The number of anilines is 3. The molecule has 10 nitrogen and oxygen atoms in total. The van der Waals surface area contributed by atoms with E-state index < -0.39 is 0 Å². The third kappa shape index (κ3) is 6.05. The van der Waals surface area contributed by atoms with Gasteiger partial charge in [-0.25, -0.2) is 0 Å². The maximum absolute atomic E-state index is 5.51. The molecule has 0 radical (unpaired) electrons. The summed E-state index contributed by atoms with van der Waals surface area (Å²) in [7, 11) is 4.02. The summed E-state index contributed by atoms with van der Waals surface area (Å²) in [4.78, 5) is 14.9. The fraction of sp³-hybridized carbons (Fsp3) is 0.643. The van der Waals surface area contributed by atoms with Crippen molar-refractivity contribution in [2.45, 2.75) is 33.4 Å². The van der Waals surface area contributed by atoms with Gasteiger partial charge in [0.15, 0.2) is 0 Å². The van der Waals surface area contributed by atoms with Gasteiger partial charge >= 0.3 is 6.01 Å². The number of nitrogens with zero attached hydrogens (tertiary/aromatic N) is 6. The molecule has 0 atom stereocenters. The molecular formula is C14H25N9O. The number of rotatable bonds is 9. The van der Waals surface area contributed by atoms with Gasteiger partial charge in [-0.3, -0.25) is 5.32 Å². The Kier molecular flexibility index (Phi) is 6.38. The third-order valence-electron chi connectivity index (χ3n) is 2.94. The van der Waals surface area contributed by atoms with Crippen LogP contribution in [-0.2, 0) is 6.54 Å². The van der Waals surface area contributed by atoms with Crippen molar-refractivity contribution in [1.29, 1.82) is 0 Å². The van der Waals surface area contributed by atoms with Crippen LogP contribution in [0.2, 0.25) is 0 Å². The van der Waals surface area contributed by atoms with Crippen molar-refractivity contribution in [2.24, 2.45) is 0 Å². The minimum Gasteiger partial charge on any atom is -0.406 e. The van der Waals surface area contributed by atoms with Gasteiger partial charge in [0.05, 0.1) is 6.54 Å². The van der Waals surface area contributed by atoms with Crippen LogP contribution in [0.25, 0.3) is 0 Å². The maximum atomic E-state index is 5.51. The molecular weight excluding hydrogens is 310 g/mol. The van der Waals surface area contributed by atoms with Crippen LogP contribution in [0.15, 0.2) is 4.42 Å². The van der Waals surface area contributed by atoms with Crippen molar-refractivity contribution in [3.8, 4) is 0 Å². The van der Waals surface area contributed by atoms with E-state index in [9.17, 15) is 0 Å². The Balaban J connectivity index is 1.97. The second kappa shape index (κ2) is 8.50. The fourth-order valence-corrected chi connectivity index (χ4v) is 1.77. The summed E-state index contributed by atoms with van der Waals surface area (Å²) in [6.45, 7) is 8.03. The van der Waals surface area contributed by atoms with Crippen molar-refractivity contribution in [3.05, 3.63) is 11.7 Å². The lowest BCUT2D eigenvalue weighted by atomic mass is 10.4. The largest absolute Gasteiger partial charge is 0.406 e. The zero-order valence-corrected chi connectivity index (χ0v) is 14.8. The molecule has 2 aromatic rings. The molecule has 0 amide bonds. The van der Waals surface area contributed by atoms with E-state index in [0.29, 0.717) is 36.2 Å². The molecule has 2 heterocycles. The summed E-state index contributed by atoms with van der Waals surface area (Å²) in [5, 5.41) is 17.2. The van der Waals surface area contributed by atoms with E-state index in [-0.39, 0.29) is 6.01 Å². The number of hydrogen-bond acceptors (Lipinski definition) is 10. The fourth-order valence-electron chi connectivity index (χ4n) is 1.77. The second-order valence-electron chi connectivity index (χ2n) is 5.92. The number of hydrogen-bond donors (Lipinski definition) is 3. The predicted molar refractivity (Wildman–Crippen MR) is 91.2 cm³/mol. The molecule has 3 N–H and O–H groups in total. The first-order valence-corrected chi connectivity index (χ1v) is 7.86. The van der Waals surface area contributed by atoms with Gasteiger partial charge in [-0.15, -0.1) is 5.10 Å².